The van der Waals surface area contributed by atoms with Crippen molar-refractivity contribution in [2.75, 3.05) is 7.05 Å². The monoisotopic (exact) mass is 292 g/mol. The van der Waals surface area contributed by atoms with Gasteiger partial charge in [0.25, 0.3) is 0 Å². The highest BCUT2D eigenvalue weighted by Crippen LogP contribution is 2.13. The average molecular weight is 292 g/mol. The molecule has 4 nitrogen and oxygen atoms in total. The molecule has 0 aliphatic heterocycles. The highest BCUT2D eigenvalue weighted by molar-refractivity contribution is 5.34. The van der Waals surface area contributed by atoms with Crippen LogP contribution in [-0.2, 0) is 13.1 Å². The van der Waals surface area contributed by atoms with Gasteiger partial charge < -0.3 is 4.57 Å². The van der Waals surface area contributed by atoms with Crippen LogP contribution in [0.15, 0.2) is 61.4 Å². The first kappa shape index (κ1) is 14.5. The summed E-state index contributed by atoms with van der Waals surface area (Å²) >= 11 is 0. The molecule has 2 heterocycles. The van der Waals surface area contributed by atoms with E-state index in [1.165, 1.54) is 16.7 Å². The predicted octanol–water partition coefficient (Wildman–Crippen LogP) is 3.21. The van der Waals surface area contributed by atoms with E-state index in [2.05, 4.69) is 59.2 Å². The number of aryl methyl sites for hydroxylation is 1. The van der Waals surface area contributed by atoms with Crippen molar-refractivity contribution in [3.8, 4) is 5.69 Å². The molecule has 0 aliphatic rings. The maximum Gasteiger partial charge on any atom is 0.0991 e. The number of hydrogen-bond donors (Lipinski definition) is 0. The van der Waals surface area contributed by atoms with Gasteiger partial charge in [-0.25, -0.2) is 4.98 Å². The van der Waals surface area contributed by atoms with Crippen LogP contribution in [0.3, 0.4) is 0 Å². The number of rotatable bonds is 5. The topological polar surface area (TPSA) is 34.0 Å². The first-order valence-electron chi connectivity index (χ1n) is 7.37. The van der Waals surface area contributed by atoms with E-state index in [0.717, 1.165) is 18.8 Å². The molecular formula is C18H20N4. The van der Waals surface area contributed by atoms with Crippen molar-refractivity contribution >= 4 is 0 Å². The first-order chi connectivity index (χ1) is 10.7. The molecule has 0 amide bonds. The van der Waals surface area contributed by atoms with Gasteiger partial charge in [-0.1, -0.05) is 12.1 Å². The van der Waals surface area contributed by atoms with E-state index in [-0.39, 0.29) is 0 Å². The van der Waals surface area contributed by atoms with Crippen LogP contribution in [-0.4, -0.2) is 26.5 Å². The minimum absolute atomic E-state index is 0.923. The number of benzene rings is 1. The van der Waals surface area contributed by atoms with Gasteiger partial charge in [0.05, 0.1) is 6.33 Å². The maximum absolute atomic E-state index is 4.14. The third-order valence-electron chi connectivity index (χ3n) is 3.77. The molecule has 0 N–H and O–H groups in total. The van der Waals surface area contributed by atoms with E-state index in [0.29, 0.717) is 0 Å². The summed E-state index contributed by atoms with van der Waals surface area (Å²) in [4.78, 5) is 10.5. The van der Waals surface area contributed by atoms with Gasteiger partial charge in [-0.05, 0) is 48.9 Å². The van der Waals surface area contributed by atoms with Crippen LogP contribution in [0, 0.1) is 6.92 Å². The lowest BCUT2D eigenvalue weighted by atomic mass is 10.1. The zero-order chi connectivity index (χ0) is 15.4. The second-order valence-corrected chi connectivity index (χ2v) is 5.61. The fraction of sp³-hybridized carbons (Fsp3) is 0.222. The molecule has 0 atom stereocenters. The van der Waals surface area contributed by atoms with Crippen molar-refractivity contribution < 1.29 is 0 Å². The summed E-state index contributed by atoms with van der Waals surface area (Å²) < 4.78 is 2.01. The lowest BCUT2D eigenvalue weighted by Gasteiger charge is -2.18. The summed E-state index contributed by atoms with van der Waals surface area (Å²) in [7, 11) is 2.14. The van der Waals surface area contributed by atoms with Gasteiger partial charge in [0.2, 0.25) is 0 Å². The maximum atomic E-state index is 4.14. The highest BCUT2D eigenvalue weighted by Gasteiger charge is 2.04. The number of nitrogens with zero attached hydrogens (tertiary/aromatic N) is 4. The van der Waals surface area contributed by atoms with Gasteiger partial charge in [0, 0.05) is 43.6 Å². The van der Waals surface area contributed by atoms with Gasteiger partial charge >= 0.3 is 0 Å². The van der Waals surface area contributed by atoms with Crippen molar-refractivity contribution in [1.29, 1.82) is 0 Å². The van der Waals surface area contributed by atoms with Gasteiger partial charge in [-0.15, -0.1) is 0 Å². The Hall–Kier alpha value is -2.46. The average Bonchev–Trinajstić information content (AvgIpc) is 3.05. The molecule has 0 fully saturated rings. The zero-order valence-corrected chi connectivity index (χ0v) is 13.0. The normalized spacial score (nSPS) is 11.0. The molecule has 0 bridgehead atoms. The van der Waals surface area contributed by atoms with Crippen molar-refractivity contribution in [1.82, 2.24) is 19.4 Å². The molecule has 0 radical (unpaired) electrons. The smallest absolute Gasteiger partial charge is 0.0991 e. The van der Waals surface area contributed by atoms with Crippen LogP contribution >= 0.6 is 0 Å². The third kappa shape index (κ3) is 3.40. The highest BCUT2D eigenvalue weighted by atomic mass is 15.1. The van der Waals surface area contributed by atoms with Crippen LogP contribution in [0.2, 0.25) is 0 Å². The molecule has 0 unspecified atom stereocenters. The molecule has 22 heavy (non-hydrogen) atoms. The van der Waals surface area contributed by atoms with E-state index < -0.39 is 0 Å². The van der Waals surface area contributed by atoms with E-state index in [9.17, 15) is 0 Å². The molecule has 2 aromatic heterocycles. The quantitative estimate of drug-likeness (QED) is 0.724. The summed E-state index contributed by atoms with van der Waals surface area (Å²) in [5.41, 5.74) is 5.00. The standard InChI is InChI=1S/C18H20N4/c1-15-11-19-8-7-17(15)13-21(2)12-16-3-5-18(6-4-16)22-10-9-20-14-22/h3-11,14H,12-13H2,1-2H3. The molecule has 0 aliphatic carbocycles. The van der Waals surface area contributed by atoms with Crippen LogP contribution in [0.25, 0.3) is 5.69 Å². The fourth-order valence-electron chi connectivity index (χ4n) is 2.52. The van der Waals surface area contributed by atoms with Crippen LogP contribution < -0.4 is 0 Å². The molecule has 112 valence electrons. The summed E-state index contributed by atoms with van der Waals surface area (Å²) in [5.74, 6) is 0. The predicted molar refractivity (Wildman–Crippen MR) is 87.7 cm³/mol. The number of aromatic nitrogens is 3. The van der Waals surface area contributed by atoms with Crippen molar-refractivity contribution in [2.24, 2.45) is 0 Å². The minimum atomic E-state index is 0.923. The molecule has 3 aromatic rings. The van der Waals surface area contributed by atoms with Gasteiger partial charge in [0.1, 0.15) is 0 Å². The van der Waals surface area contributed by atoms with E-state index in [1.807, 2.05) is 29.5 Å². The fourth-order valence-corrected chi connectivity index (χ4v) is 2.52. The molecular weight excluding hydrogens is 272 g/mol. The van der Waals surface area contributed by atoms with Crippen LogP contribution in [0.5, 0.6) is 0 Å². The largest absolute Gasteiger partial charge is 0.306 e. The lowest BCUT2D eigenvalue weighted by Crippen LogP contribution is -2.17. The Morgan fingerprint density at radius 2 is 1.82 bits per heavy atom. The number of pyridine rings is 1. The molecule has 0 spiro atoms. The lowest BCUT2D eigenvalue weighted by molar-refractivity contribution is 0.318. The van der Waals surface area contributed by atoms with Crippen molar-refractivity contribution in [3.05, 3.63) is 78.1 Å². The van der Waals surface area contributed by atoms with Gasteiger partial charge in [-0.3, -0.25) is 9.88 Å². The van der Waals surface area contributed by atoms with Crippen LogP contribution in [0.4, 0.5) is 0 Å². The second-order valence-electron chi connectivity index (χ2n) is 5.61. The Morgan fingerprint density at radius 3 is 2.50 bits per heavy atom. The minimum Gasteiger partial charge on any atom is -0.306 e. The summed E-state index contributed by atoms with van der Waals surface area (Å²) in [6, 6.07) is 10.7. The van der Waals surface area contributed by atoms with Crippen molar-refractivity contribution in [2.45, 2.75) is 20.0 Å². The summed E-state index contributed by atoms with van der Waals surface area (Å²) in [5, 5.41) is 0. The Morgan fingerprint density at radius 1 is 1.00 bits per heavy atom. The second kappa shape index (κ2) is 6.54. The SMILES string of the molecule is Cc1cnccc1CN(C)Cc1ccc(-n2ccnc2)cc1. The van der Waals surface area contributed by atoms with Gasteiger partial charge in [-0.2, -0.15) is 0 Å². The molecule has 0 saturated heterocycles. The Bertz CT molecular complexity index is 717. The van der Waals surface area contributed by atoms with E-state index in [1.54, 1.807) is 6.20 Å². The third-order valence-corrected chi connectivity index (χ3v) is 3.77. The molecule has 1 aromatic carbocycles. The van der Waals surface area contributed by atoms with E-state index in [4.69, 9.17) is 0 Å². The van der Waals surface area contributed by atoms with E-state index >= 15 is 0 Å². The Balaban J connectivity index is 1.64. The number of hydrogen-bond acceptors (Lipinski definition) is 3. The molecule has 0 saturated carbocycles. The number of imidazole rings is 1. The van der Waals surface area contributed by atoms with Crippen LogP contribution in [0.1, 0.15) is 16.7 Å². The molecule has 3 rings (SSSR count). The Kier molecular flexibility index (Phi) is 4.30. The molecule has 4 heteroatoms. The van der Waals surface area contributed by atoms with Gasteiger partial charge in [0.15, 0.2) is 0 Å². The van der Waals surface area contributed by atoms with Crippen molar-refractivity contribution in [3.63, 3.8) is 0 Å². The summed E-state index contributed by atoms with van der Waals surface area (Å²) in [6.07, 6.45) is 9.33. The zero-order valence-electron chi connectivity index (χ0n) is 13.0. The first-order valence-corrected chi connectivity index (χ1v) is 7.37. The summed E-state index contributed by atoms with van der Waals surface area (Å²) in [6.45, 7) is 3.96. The Labute approximate surface area is 131 Å².